The van der Waals surface area contributed by atoms with Crippen LogP contribution in [-0.2, 0) is 24.2 Å². The highest BCUT2D eigenvalue weighted by Crippen LogP contribution is 2.07. The summed E-state index contributed by atoms with van der Waals surface area (Å²) >= 11 is 0. The largest absolute Gasteiger partial charge is 0.382 e. The zero-order chi connectivity index (χ0) is 12.0. The smallest absolute Gasteiger partial charge is 0.211 e. The summed E-state index contributed by atoms with van der Waals surface area (Å²) in [6.07, 6.45) is 0.984. The van der Waals surface area contributed by atoms with Crippen LogP contribution in [0.1, 0.15) is 0 Å². The molecule has 1 heterocycles. The lowest BCUT2D eigenvalue weighted by Crippen LogP contribution is -2.38. The molecule has 0 aromatic heterocycles. The molecule has 1 rings (SSSR count). The molecule has 0 radical (unpaired) electrons. The van der Waals surface area contributed by atoms with Gasteiger partial charge in [0.2, 0.25) is 10.0 Å². The van der Waals surface area contributed by atoms with Crippen molar-refractivity contribution >= 4 is 10.0 Å². The molecule has 7 heteroatoms. The summed E-state index contributed by atoms with van der Waals surface area (Å²) in [5.74, 6) is 0. The Kier molecular flexibility index (Phi) is 5.63. The second-order valence-electron chi connectivity index (χ2n) is 3.68. The van der Waals surface area contributed by atoms with Crippen LogP contribution in [0.15, 0.2) is 0 Å². The molecule has 0 aliphatic carbocycles. The van der Waals surface area contributed by atoms with Crippen LogP contribution in [0.25, 0.3) is 0 Å². The minimum Gasteiger partial charge on any atom is -0.382 e. The van der Waals surface area contributed by atoms with E-state index in [1.165, 1.54) is 10.6 Å². The Morgan fingerprint density at radius 3 is 2.81 bits per heavy atom. The Labute approximate surface area is 96.5 Å². The van der Waals surface area contributed by atoms with Crippen molar-refractivity contribution < 1.29 is 22.6 Å². The fourth-order valence-electron chi connectivity index (χ4n) is 1.45. The van der Waals surface area contributed by atoms with Gasteiger partial charge in [0.25, 0.3) is 0 Å². The molecule has 1 aliphatic heterocycles. The van der Waals surface area contributed by atoms with Crippen LogP contribution in [0.4, 0.5) is 0 Å². The van der Waals surface area contributed by atoms with Crippen molar-refractivity contribution in [2.45, 2.75) is 6.10 Å². The van der Waals surface area contributed by atoms with Crippen LogP contribution in [0.2, 0.25) is 0 Å². The van der Waals surface area contributed by atoms with Crippen molar-refractivity contribution in [3.8, 4) is 0 Å². The lowest BCUT2D eigenvalue weighted by atomic mass is 10.4. The van der Waals surface area contributed by atoms with Gasteiger partial charge >= 0.3 is 0 Å². The molecule has 96 valence electrons. The van der Waals surface area contributed by atoms with Crippen molar-refractivity contribution in [2.75, 3.05) is 52.9 Å². The maximum atomic E-state index is 11.4. The summed E-state index contributed by atoms with van der Waals surface area (Å²) in [4.78, 5) is 0. The van der Waals surface area contributed by atoms with Gasteiger partial charge in [0.1, 0.15) is 0 Å². The summed E-state index contributed by atoms with van der Waals surface area (Å²) in [6.45, 7) is 2.52. The highest BCUT2D eigenvalue weighted by atomic mass is 32.2. The molecule has 0 spiro atoms. The van der Waals surface area contributed by atoms with Gasteiger partial charge in [-0.15, -0.1) is 0 Å². The summed E-state index contributed by atoms with van der Waals surface area (Å²) in [7, 11) is -1.58. The average Bonchev–Trinajstić information content (AvgIpc) is 2.43. The van der Waals surface area contributed by atoms with Gasteiger partial charge in [-0.3, -0.25) is 0 Å². The lowest BCUT2D eigenvalue weighted by Gasteiger charge is -2.21. The van der Waals surface area contributed by atoms with Gasteiger partial charge in [-0.1, -0.05) is 0 Å². The van der Waals surface area contributed by atoms with E-state index in [0.29, 0.717) is 39.5 Å². The van der Waals surface area contributed by atoms with Crippen molar-refractivity contribution in [2.24, 2.45) is 0 Å². The van der Waals surface area contributed by atoms with Gasteiger partial charge < -0.3 is 14.2 Å². The van der Waals surface area contributed by atoms with Crippen LogP contribution < -0.4 is 0 Å². The summed E-state index contributed by atoms with van der Waals surface area (Å²) in [5.41, 5.74) is 0. The fourth-order valence-corrected chi connectivity index (χ4v) is 2.30. The van der Waals surface area contributed by atoms with E-state index in [1.54, 1.807) is 7.11 Å². The molecule has 0 bridgehead atoms. The van der Waals surface area contributed by atoms with Gasteiger partial charge in [-0.05, 0) is 0 Å². The fraction of sp³-hybridized carbons (Fsp3) is 1.00. The van der Waals surface area contributed by atoms with Crippen molar-refractivity contribution in [3.63, 3.8) is 0 Å². The third-order valence-electron chi connectivity index (χ3n) is 2.31. The Morgan fingerprint density at radius 2 is 2.19 bits per heavy atom. The van der Waals surface area contributed by atoms with E-state index >= 15 is 0 Å². The Bertz CT molecular complexity index is 292. The van der Waals surface area contributed by atoms with Crippen LogP contribution in [0.3, 0.4) is 0 Å². The first kappa shape index (κ1) is 13.9. The van der Waals surface area contributed by atoms with Crippen molar-refractivity contribution in [1.82, 2.24) is 4.31 Å². The third kappa shape index (κ3) is 4.75. The topological polar surface area (TPSA) is 65.1 Å². The zero-order valence-corrected chi connectivity index (χ0v) is 10.5. The van der Waals surface area contributed by atoms with E-state index in [-0.39, 0.29) is 6.10 Å². The number of rotatable bonds is 5. The Balaban J connectivity index is 2.46. The van der Waals surface area contributed by atoms with Crippen LogP contribution in [-0.4, -0.2) is 71.7 Å². The van der Waals surface area contributed by atoms with Crippen LogP contribution in [0.5, 0.6) is 0 Å². The molecule has 16 heavy (non-hydrogen) atoms. The normalized spacial score (nSPS) is 24.2. The number of hydrogen-bond acceptors (Lipinski definition) is 5. The van der Waals surface area contributed by atoms with E-state index in [1.807, 2.05) is 0 Å². The van der Waals surface area contributed by atoms with E-state index in [0.717, 1.165) is 0 Å². The predicted molar refractivity (Wildman–Crippen MR) is 58.9 cm³/mol. The molecule has 0 saturated carbocycles. The van der Waals surface area contributed by atoms with Gasteiger partial charge in [0, 0.05) is 20.2 Å². The minimum atomic E-state index is -3.17. The molecule has 0 aromatic rings. The van der Waals surface area contributed by atoms with Crippen molar-refractivity contribution in [1.29, 1.82) is 0 Å². The van der Waals surface area contributed by atoms with Gasteiger partial charge in [0.05, 0.1) is 38.8 Å². The molecule has 6 nitrogen and oxygen atoms in total. The first-order valence-corrected chi connectivity index (χ1v) is 7.02. The maximum Gasteiger partial charge on any atom is 0.211 e. The van der Waals surface area contributed by atoms with E-state index in [2.05, 4.69) is 0 Å². The quantitative estimate of drug-likeness (QED) is 0.607. The minimum absolute atomic E-state index is 0.215. The molecule has 1 saturated heterocycles. The van der Waals surface area contributed by atoms with E-state index < -0.39 is 10.0 Å². The van der Waals surface area contributed by atoms with E-state index in [4.69, 9.17) is 14.2 Å². The molecule has 0 N–H and O–H groups in total. The van der Waals surface area contributed by atoms with Gasteiger partial charge in [-0.25, -0.2) is 8.42 Å². The number of sulfonamides is 1. The maximum absolute atomic E-state index is 11.4. The molecule has 1 atom stereocenters. The zero-order valence-electron chi connectivity index (χ0n) is 9.72. The highest BCUT2D eigenvalue weighted by molar-refractivity contribution is 7.88. The SMILES string of the molecule is COCCO[C@H]1COCCN(S(C)(=O)=O)C1. The summed E-state index contributed by atoms with van der Waals surface area (Å²) in [5, 5.41) is 0. The first-order valence-electron chi connectivity index (χ1n) is 5.17. The number of nitrogens with zero attached hydrogens (tertiary/aromatic N) is 1. The molecule has 1 fully saturated rings. The Morgan fingerprint density at radius 1 is 1.44 bits per heavy atom. The summed E-state index contributed by atoms with van der Waals surface area (Å²) in [6, 6.07) is 0. The molecule has 0 unspecified atom stereocenters. The molecular weight excluding hydrogens is 234 g/mol. The molecular formula is C9H19NO5S. The average molecular weight is 253 g/mol. The Hall–Kier alpha value is -0.210. The third-order valence-corrected chi connectivity index (χ3v) is 3.58. The molecule has 1 aliphatic rings. The highest BCUT2D eigenvalue weighted by Gasteiger charge is 2.24. The second-order valence-corrected chi connectivity index (χ2v) is 5.66. The summed E-state index contributed by atoms with van der Waals surface area (Å²) < 4.78 is 39.8. The van der Waals surface area contributed by atoms with E-state index in [9.17, 15) is 8.42 Å². The van der Waals surface area contributed by atoms with Crippen LogP contribution in [0, 0.1) is 0 Å². The lowest BCUT2D eigenvalue weighted by molar-refractivity contribution is -0.0216. The van der Waals surface area contributed by atoms with Gasteiger partial charge in [-0.2, -0.15) is 4.31 Å². The number of hydrogen-bond donors (Lipinski definition) is 0. The van der Waals surface area contributed by atoms with Crippen molar-refractivity contribution in [3.05, 3.63) is 0 Å². The first-order chi connectivity index (χ1) is 7.54. The predicted octanol–water partition coefficient (Wildman–Crippen LogP) is -0.690. The number of ether oxygens (including phenoxy) is 3. The molecule has 0 amide bonds. The number of methoxy groups -OCH3 is 1. The standard InChI is InChI=1S/C9H19NO5S/c1-13-5-6-15-9-7-10(16(2,11)12)3-4-14-8-9/h9H,3-8H2,1-2H3/t9-/m1/s1. The van der Waals surface area contributed by atoms with Crippen LogP contribution >= 0.6 is 0 Å². The second kappa shape index (κ2) is 6.51. The van der Waals surface area contributed by atoms with Gasteiger partial charge in [0.15, 0.2) is 0 Å². The molecule has 0 aromatic carbocycles. The monoisotopic (exact) mass is 253 g/mol.